The Morgan fingerprint density at radius 3 is 1.91 bits per heavy atom. The summed E-state index contributed by atoms with van der Waals surface area (Å²) in [6, 6.07) is 0. The SMILES string of the molecule is O=C(CC(=O)C(Cl)Cl)C(F)Cl. The van der Waals surface area contributed by atoms with E-state index in [1.807, 2.05) is 0 Å². The summed E-state index contributed by atoms with van der Waals surface area (Å²) >= 11 is 14.9. The van der Waals surface area contributed by atoms with Gasteiger partial charge in [-0.25, -0.2) is 4.39 Å². The van der Waals surface area contributed by atoms with Gasteiger partial charge < -0.3 is 0 Å². The van der Waals surface area contributed by atoms with Gasteiger partial charge in [0.25, 0.3) is 0 Å². The van der Waals surface area contributed by atoms with Gasteiger partial charge in [-0.3, -0.25) is 9.59 Å². The summed E-state index contributed by atoms with van der Waals surface area (Å²) < 4.78 is 11.9. The lowest BCUT2D eigenvalue weighted by Crippen LogP contribution is -2.18. The average molecular weight is 221 g/mol. The fourth-order valence-corrected chi connectivity index (χ4v) is 0.557. The molecule has 64 valence electrons. The summed E-state index contributed by atoms with van der Waals surface area (Å²) in [4.78, 5) is 19.7. The van der Waals surface area contributed by atoms with Crippen LogP contribution in [-0.2, 0) is 9.59 Å². The van der Waals surface area contributed by atoms with Gasteiger partial charge in [0, 0.05) is 0 Å². The zero-order valence-corrected chi connectivity index (χ0v) is 7.46. The van der Waals surface area contributed by atoms with Crippen LogP contribution in [0.15, 0.2) is 0 Å². The molecule has 0 fully saturated rings. The second-order valence-electron chi connectivity index (χ2n) is 1.71. The topological polar surface area (TPSA) is 34.1 Å². The van der Waals surface area contributed by atoms with Gasteiger partial charge in [0.15, 0.2) is 16.4 Å². The lowest BCUT2D eigenvalue weighted by atomic mass is 10.2. The summed E-state index contributed by atoms with van der Waals surface area (Å²) in [6.45, 7) is 0. The van der Waals surface area contributed by atoms with Crippen molar-refractivity contribution in [2.45, 2.75) is 16.9 Å². The van der Waals surface area contributed by atoms with E-state index in [1.165, 1.54) is 0 Å². The van der Waals surface area contributed by atoms with Gasteiger partial charge in [-0.15, -0.1) is 0 Å². The number of hydrogen-bond acceptors (Lipinski definition) is 2. The van der Waals surface area contributed by atoms with Gasteiger partial charge in [-0.1, -0.05) is 34.8 Å². The third-order valence-corrected chi connectivity index (χ3v) is 1.57. The minimum atomic E-state index is -2.16. The third kappa shape index (κ3) is 4.56. The van der Waals surface area contributed by atoms with Gasteiger partial charge in [0.2, 0.25) is 5.63 Å². The first-order valence-electron chi connectivity index (χ1n) is 2.57. The molecule has 0 amide bonds. The molecule has 0 aromatic heterocycles. The number of carbonyl (C=O) groups excluding carboxylic acids is 2. The maximum absolute atomic E-state index is 11.9. The predicted molar refractivity (Wildman–Crippen MR) is 40.9 cm³/mol. The Kier molecular flexibility index (Phi) is 4.97. The van der Waals surface area contributed by atoms with E-state index >= 15 is 0 Å². The van der Waals surface area contributed by atoms with E-state index in [2.05, 4.69) is 0 Å². The number of ketones is 2. The van der Waals surface area contributed by atoms with Crippen molar-refractivity contribution in [2.24, 2.45) is 0 Å². The van der Waals surface area contributed by atoms with E-state index in [0.717, 1.165) is 0 Å². The molecule has 1 unspecified atom stereocenters. The fourth-order valence-electron chi connectivity index (χ4n) is 0.326. The standard InChI is InChI=1S/C5H4Cl3FO2/c6-4(7)2(10)1-3(11)5(8)9/h4-5H,1H2. The first-order chi connectivity index (χ1) is 4.95. The van der Waals surface area contributed by atoms with Crippen molar-refractivity contribution in [2.75, 3.05) is 0 Å². The highest BCUT2D eigenvalue weighted by atomic mass is 35.5. The van der Waals surface area contributed by atoms with Gasteiger partial charge in [0.1, 0.15) is 0 Å². The zero-order chi connectivity index (χ0) is 9.02. The van der Waals surface area contributed by atoms with Crippen LogP contribution < -0.4 is 0 Å². The van der Waals surface area contributed by atoms with E-state index in [9.17, 15) is 14.0 Å². The monoisotopic (exact) mass is 220 g/mol. The molecule has 0 spiro atoms. The van der Waals surface area contributed by atoms with Crippen LogP contribution in [0.25, 0.3) is 0 Å². The molecule has 2 nitrogen and oxygen atoms in total. The first-order valence-corrected chi connectivity index (χ1v) is 3.87. The summed E-state index contributed by atoms with van der Waals surface area (Å²) in [5, 5.41) is 0. The normalized spacial score (nSPS) is 13.2. The molecule has 0 heterocycles. The van der Waals surface area contributed by atoms with Crippen molar-refractivity contribution < 1.29 is 14.0 Å². The fraction of sp³-hybridized carbons (Fsp3) is 0.600. The Morgan fingerprint density at radius 2 is 1.64 bits per heavy atom. The van der Waals surface area contributed by atoms with Crippen molar-refractivity contribution in [1.29, 1.82) is 0 Å². The molecule has 0 N–H and O–H groups in total. The third-order valence-electron chi connectivity index (χ3n) is 0.835. The molecule has 0 radical (unpaired) electrons. The van der Waals surface area contributed by atoms with Crippen molar-refractivity contribution in [3.05, 3.63) is 0 Å². The lowest BCUT2D eigenvalue weighted by Gasteiger charge is -1.99. The maximum atomic E-state index is 11.9. The molecule has 11 heavy (non-hydrogen) atoms. The van der Waals surface area contributed by atoms with Crippen LogP contribution in [-0.4, -0.2) is 22.0 Å². The van der Waals surface area contributed by atoms with Crippen LogP contribution in [0, 0.1) is 0 Å². The number of rotatable bonds is 4. The molecule has 0 saturated heterocycles. The number of hydrogen-bond donors (Lipinski definition) is 0. The van der Waals surface area contributed by atoms with Crippen LogP contribution in [0.5, 0.6) is 0 Å². The highest BCUT2D eigenvalue weighted by Gasteiger charge is 2.21. The molecule has 0 saturated carbocycles. The van der Waals surface area contributed by atoms with Crippen molar-refractivity contribution in [3.8, 4) is 0 Å². The lowest BCUT2D eigenvalue weighted by molar-refractivity contribution is -0.127. The molecular formula is C5H4Cl3FO2. The molecule has 1 atom stereocenters. The largest absolute Gasteiger partial charge is 0.296 e. The Morgan fingerprint density at radius 1 is 1.18 bits per heavy atom. The molecule has 0 rings (SSSR count). The Bertz CT molecular complexity index is 151. The Labute approximate surface area is 77.6 Å². The second-order valence-corrected chi connectivity index (χ2v) is 3.19. The van der Waals surface area contributed by atoms with Crippen LogP contribution >= 0.6 is 34.8 Å². The van der Waals surface area contributed by atoms with Crippen LogP contribution in [0.3, 0.4) is 0 Å². The van der Waals surface area contributed by atoms with Crippen molar-refractivity contribution in [1.82, 2.24) is 0 Å². The van der Waals surface area contributed by atoms with Crippen molar-refractivity contribution >= 4 is 46.4 Å². The van der Waals surface area contributed by atoms with E-state index in [0.29, 0.717) is 0 Å². The number of halogens is 4. The molecule has 0 bridgehead atoms. The maximum Gasteiger partial charge on any atom is 0.231 e. The van der Waals surface area contributed by atoms with Gasteiger partial charge >= 0.3 is 0 Å². The summed E-state index contributed by atoms with van der Waals surface area (Å²) in [6.07, 6.45) is -0.664. The van der Waals surface area contributed by atoms with Crippen LogP contribution in [0.4, 0.5) is 4.39 Å². The second kappa shape index (κ2) is 4.91. The average Bonchev–Trinajstić information content (AvgIpc) is 1.87. The minimum Gasteiger partial charge on any atom is -0.296 e. The summed E-state index contributed by atoms with van der Waals surface area (Å²) in [5.74, 6) is -1.77. The van der Waals surface area contributed by atoms with E-state index < -0.39 is 28.5 Å². The first kappa shape index (κ1) is 11.1. The van der Waals surface area contributed by atoms with E-state index in [-0.39, 0.29) is 0 Å². The molecule has 6 heteroatoms. The number of carbonyl (C=O) groups is 2. The van der Waals surface area contributed by atoms with Crippen molar-refractivity contribution in [3.63, 3.8) is 0 Å². The van der Waals surface area contributed by atoms with Gasteiger partial charge in [-0.2, -0.15) is 0 Å². The molecule has 0 aliphatic rings. The number of alkyl halides is 4. The Balaban J connectivity index is 3.86. The molecule has 0 aliphatic heterocycles. The summed E-state index contributed by atoms with van der Waals surface area (Å²) in [7, 11) is 0. The highest BCUT2D eigenvalue weighted by molar-refractivity contribution is 6.54. The minimum absolute atomic E-state index is 0.664. The van der Waals surface area contributed by atoms with Crippen LogP contribution in [0.2, 0.25) is 0 Å². The quantitative estimate of drug-likeness (QED) is 0.536. The van der Waals surface area contributed by atoms with Gasteiger partial charge in [-0.05, 0) is 0 Å². The zero-order valence-electron chi connectivity index (χ0n) is 5.19. The van der Waals surface area contributed by atoms with E-state index in [1.54, 1.807) is 0 Å². The molecule has 0 aliphatic carbocycles. The smallest absolute Gasteiger partial charge is 0.231 e. The van der Waals surface area contributed by atoms with E-state index in [4.69, 9.17) is 34.8 Å². The van der Waals surface area contributed by atoms with Gasteiger partial charge in [0.05, 0.1) is 6.42 Å². The Hall–Kier alpha value is 0.140. The molecule has 0 aromatic carbocycles. The predicted octanol–water partition coefficient (Wildman–Crippen LogP) is 1.85. The number of Topliss-reactive ketones (excluding diaryl/α,β-unsaturated/α-hetero) is 2. The molecular weight excluding hydrogens is 217 g/mol. The molecule has 0 aromatic rings. The highest BCUT2D eigenvalue weighted by Crippen LogP contribution is 2.09. The van der Waals surface area contributed by atoms with Crippen LogP contribution in [0.1, 0.15) is 6.42 Å². The summed E-state index contributed by atoms with van der Waals surface area (Å²) in [5.41, 5.74) is -2.16.